The second-order valence-corrected chi connectivity index (χ2v) is 7.85. The molecule has 0 unspecified atom stereocenters. The largest absolute Gasteiger partial charge is 0.497 e. The van der Waals surface area contributed by atoms with Crippen molar-refractivity contribution in [3.63, 3.8) is 0 Å². The minimum absolute atomic E-state index is 0.0517. The van der Waals surface area contributed by atoms with Crippen LogP contribution in [0.1, 0.15) is 12.0 Å². The maximum absolute atomic E-state index is 13.0. The molecule has 8 nitrogen and oxygen atoms in total. The molecule has 1 aliphatic heterocycles. The lowest BCUT2D eigenvalue weighted by atomic mass is 9.92. The summed E-state index contributed by atoms with van der Waals surface area (Å²) in [6.07, 6.45) is 2.34. The van der Waals surface area contributed by atoms with Crippen molar-refractivity contribution in [3.8, 4) is 5.75 Å². The molecular weight excluding hydrogens is 392 g/mol. The van der Waals surface area contributed by atoms with E-state index in [2.05, 4.69) is 20.6 Å². The number of nitrogens with one attached hydrogen (secondary N) is 2. The van der Waals surface area contributed by atoms with E-state index in [1.165, 1.54) is 6.33 Å². The standard InChI is InChI=1S/C23H28N6O2/c1-29(23(30)18-12-25-10-9-19(18)24)13-15-5-3-8-20-21(15)22(27-14-26-20)28-16-6-4-7-17(11-16)31-2/h3-8,11,14,18-19,25H,9-10,12-13,24H2,1-2H3,(H,26,27,28)/t18-,19-/m1/s1. The number of carbonyl (C=O) groups excluding carboxylic acids is 1. The third-order valence-electron chi connectivity index (χ3n) is 5.72. The van der Waals surface area contributed by atoms with Crippen LogP contribution in [-0.2, 0) is 11.3 Å². The molecule has 1 saturated heterocycles. The van der Waals surface area contributed by atoms with Crippen molar-refractivity contribution in [1.82, 2.24) is 20.2 Å². The Kier molecular flexibility index (Phi) is 6.29. The number of piperidine rings is 1. The summed E-state index contributed by atoms with van der Waals surface area (Å²) in [7, 11) is 3.46. The number of nitrogens with two attached hydrogens (primary N) is 1. The Balaban J connectivity index is 1.62. The molecule has 1 aromatic heterocycles. The highest BCUT2D eigenvalue weighted by Gasteiger charge is 2.30. The smallest absolute Gasteiger partial charge is 0.228 e. The van der Waals surface area contributed by atoms with Crippen LogP contribution in [0.2, 0.25) is 0 Å². The predicted molar refractivity (Wildman–Crippen MR) is 121 cm³/mol. The fourth-order valence-electron chi connectivity index (χ4n) is 4.01. The highest BCUT2D eigenvalue weighted by molar-refractivity contribution is 5.94. The van der Waals surface area contributed by atoms with E-state index in [0.717, 1.165) is 40.9 Å². The molecule has 4 N–H and O–H groups in total. The zero-order valence-corrected chi connectivity index (χ0v) is 17.8. The van der Waals surface area contributed by atoms with Crippen molar-refractivity contribution in [2.24, 2.45) is 11.7 Å². The molecule has 2 aromatic carbocycles. The quantitative estimate of drug-likeness (QED) is 0.562. The SMILES string of the molecule is COc1cccc(Nc2ncnc3cccc(CN(C)C(=O)[C@@H]4CNCC[C@H]4N)c23)c1. The van der Waals surface area contributed by atoms with Crippen LogP contribution in [0.4, 0.5) is 11.5 Å². The van der Waals surface area contributed by atoms with E-state index in [-0.39, 0.29) is 17.9 Å². The number of anilines is 2. The minimum atomic E-state index is -0.209. The fourth-order valence-corrected chi connectivity index (χ4v) is 4.01. The van der Waals surface area contributed by atoms with Gasteiger partial charge in [-0.2, -0.15) is 0 Å². The lowest BCUT2D eigenvalue weighted by molar-refractivity contribution is -0.135. The van der Waals surface area contributed by atoms with Gasteiger partial charge in [0.15, 0.2) is 0 Å². The maximum Gasteiger partial charge on any atom is 0.228 e. The Hall–Kier alpha value is -3.23. The molecule has 2 atom stereocenters. The molecule has 0 radical (unpaired) electrons. The summed E-state index contributed by atoms with van der Waals surface area (Å²) in [5, 5.41) is 7.53. The number of fused-ring (bicyclic) bond motifs is 1. The van der Waals surface area contributed by atoms with Gasteiger partial charge < -0.3 is 26.0 Å². The molecule has 8 heteroatoms. The number of amides is 1. The van der Waals surface area contributed by atoms with Crippen molar-refractivity contribution < 1.29 is 9.53 Å². The fraction of sp³-hybridized carbons (Fsp3) is 0.348. The molecule has 31 heavy (non-hydrogen) atoms. The number of rotatable bonds is 6. The van der Waals surface area contributed by atoms with E-state index in [1.807, 2.05) is 49.5 Å². The highest BCUT2D eigenvalue weighted by Crippen LogP contribution is 2.28. The van der Waals surface area contributed by atoms with Gasteiger partial charge in [-0.3, -0.25) is 4.79 Å². The van der Waals surface area contributed by atoms with Crippen LogP contribution in [0.5, 0.6) is 5.75 Å². The van der Waals surface area contributed by atoms with Gasteiger partial charge in [-0.05, 0) is 36.7 Å². The summed E-state index contributed by atoms with van der Waals surface area (Å²) < 4.78 is 5.32. The molecule has 1 aliphatic rings. The Morgan fingerprint density at radius 3 is 2.94 bits per heavy atom. The first-order valence-corrected chi connectivity index (χ1v) is 10.4. The molecule has 0 bridgehead atoms. The van der Waals surface area contributed by atoms with Crippen molar-refractivity contribution in [2.75, 3.05) is 32.6 Å². The van der Waals surface area contributed by atoms with Crippen molar-refractivity contribution in [1.29, 1.82) is 0 Å². The van der Waals surface area contributed by atoms with Gasteiger partial charge in [-0.25, -0.2) is 9.97 Å². The molecule has 2 heterocycles. The van der Waals surface area contributed by atoms with Crippen LogP contribution in [-0.4, -0.2) is 54.1 Å². The summed E-state index contributed by atoms with van der Waals surface area (Å²) in [4.78, 5) is 23.7. The average molecular weight is 421 g/mol. The second-order valence-electron chi connectivity index (χ2n) is 7.85. The molecule has 0 saturated carbocycles. The van der Waals surface area contributed by atoms with Crippen LogP contribution >= 0.6 is 0 Å². The van der Waals surface area contributed by atoms with Gasteiger partial charge in [-0.1, -0.05) is 18.2 Å². The number of ether oxygens (including phenoxy) is 1. The van der Waals surface area contributed by atoms with Crippen molar-refractivity contribution in [2.45, 2.75) is 19.0 Å². The van der Waals surface area contributed by atoms with Crippen LogP contribution in [0, 0.1) is 5.92 Å². The van der Waals surface area contributed by atoms with Crippen molar-refractivity contribution in [3.05, 3.63) is 54.4 Å². The van der Waals surface area contributed by atoms with Gasteiger partial charge in [0.1, 0.15) is 17.9 Å². The summed E-state index contributed by atoms with van der Waals surface area (Å²) in [6.45, 7) is 1.92. The highest BCUT2D eigenvalue weighted by atomic mass is 16.5. The molecule has 1 fully saturated rings. The molecule has 4 rings (SSSR count). The van der Waals surface area contributed by atoms with E-state index in [4.69, 9.17) is 10.5 Å². The molecular formula is C23H28N6O2. The summed E-state index contributed by atoms with van der Waals surface area (Å²) in [5.74, 6) is 1.28. The van der Waals surface area contributed by atoms with E-state index >= 15 is 0 Å². The number of nitrogens with zero attached hydrogens (tertiary/aromatic N) is 3. The maximum atomic E-state index is 13.0. The summed E-state index contributed by atoms with van der Waals surface area (Å²) in [5.41, 5.74) is 8.85. The van der Waals surface area contributed by atoms with Crippen LogP contribution in [0.15, 0.2) is 48.8 Å². The predicted octanol–water partition coefficient (Wildman–Crippen LogP) is 2.28. The lowest BCUT2D eigenvalue weighted by Crippen LogP contribution is -2.51. The first-order chi connectivity index (χ1) is 15.1. The molecule has 0 aliphatic carbocycles. The first kappa shape index (κ1) is 21.0. The van der Waals surface area contributed by atoms with E-state index in [0.29, 0.717) is 18.9 Å². The molecule has 3 aromatic rings. The molecule has 1 amide bonds. The number of benzene rings is 2. The van der Waals surface area contributed by atoms with Crippen molar-refractivity contribution >= 4 is 28.3 Å². The van der Waals surface area contributed by atoms with E-state index in [9.17, 15) is 4.79 Å². The normalized spacial score (nSPS) is 18.5. The van der Waals surface area contributed by atoms with Crippen LogP contribution in [0.3, 0.4) is 0 Å². The summed E-state index contributed by atoms with van der Waals surface area (Å²) >= 11 is 0. The average Bonchev–Trinajstić information content (AvgIpc) is 2.79. The Bertz CT molecular complexity index is 1070. The number of methoxy groups -OCH3 is 1. The minimum Gasteiger partial charge on any atom is -0.497 e. The number of hydrogen-bond acceptors (Lipinski definition) is 7. The monoisotopic (exact) mass is 420 g/mol. The number of hydrogen-bond donors (Lipinski definition) is 3. The zero-order chi connectivity index (χ0) is 21.8. The van der Waals surface area contributed by atoms with E-state index < -0.39 is 0 Å². The second kappa shape index (κ2) is 9.28. The Morgan fingerprint density at radius 2 is 2.13 bits per heavy atom. The van der Waals surface area contributed by atoms with Gasteiger partial charge in [0, 0.05) is 43.3 Å². The number of carbonyl (C=O) groups is 1. The lowest BCUT2D eigenvalue weighted by Gasteiger charge is -2.31. The van der Waals surface area contributed by atoms with Crippen LogP contribution in [0.25, 0.3) is 10.9 Å². The van der Waals surface area contributed by atoms with Gasteiger partial charge in [-0.15, -0.1) is 0 Å². The zero-order valence-electron chi connectivity index (χ0n) is 17.8. The third kappa shape index (κ3) is 4.60. The Morgan fingerprint density at radius 1 is 1.29 bits per heavy atom. The topological polar surface area (TPSA) is 105 Å². The van der Waals surface area contributed by atoms with Crippen LogP contribution < -0.4 is 21.1 Å². The Labute approximate surface area is 181 Å². The molecule has 0 spiro atoms. The first-order valence-electron chi connectivity index (χ1n) is 10.4. The van der Waals surface area contributed by atoms with Gasteiger partial charge in [0.05, 0.1) is 18.5 Å². The third-order valence-corrected chi connectivity index (χ3v) is 5.72. The molecule has 162 valence electrons. The van der Waals surface area contributed by atoms with Gasteiger partial charge in [0.2, 0.25) is 5.91 Å². The summed E-state index contributed by atoms with van der Waals surface area (Å²) in [6, 6.07) is 13.4. The van der Waals surface area contributed by atoms with Gasteiger partial charge >= 0.3 is 0 Å². The van der Waals surface area contributed by atoms with E-state index in [1.54, 1.807) is 12.0 Å². The van der Waals surface area contributed by atoms with Gasteiger partial charge in [0.25, 0.3) is 0 Å². The number of aromatic nitrogens is 2.